The van der Waals surface area contributed by atoms with Gasteiger partial charge in [-0.15, -0.1) is 0 Å². The first-order chi connectivity index (χ1) is 5.12. The van der Waals surface area contributed by atoms with E-state index in [1.807, 2.05) is 7.05 Å². The first kappa shape index (κ1) is 7.50. The summed E-state index contributed by atoms with van der Waals surface area (Å²) in [7, 11) is 2.01. The number of halogens is 1. The quantitative estimate of drug-likeness (QED) is 0.543. The number of piperidine rings is 1. The molecule has 0 aromatic heterocycles. The molecule has 2 aliphatic heterocycles. The molecule has 2 heterocycles. The number of hydrogen-bond donors (Lipinski definition) is 1. The summed E-state index contributed by atoms with van der Waals surface area (Å²) in [5.41, 5.74) is -0.958. The van der Waals surface area contributed by atoms with Gasteiger partial charge in [-0.2, -0.15) is 0 Å². The number of nitrogens with one attached hydrogen (secondary N) is 1. The second kappa shape index (κ2) is 2.17. The molecular weight excluding hydrogens is 143 g/mol. The molecule has 0 amide bonds. The summed E-state index contributed by atoms with van der Waals surface area (Å²) in [6, 6.07) is 0.0984. The third kappa shape index (κ3) is 0.908. The Kier molecular flexibility index (Phi) is 1.48. The van der Waals surface area contributed by atoms with Gasteiger partial charge in [-0.05, 0) is 14.0 Å². The summed E-state index contributed by atoms with van der Waals surface area (Å²) >= 11 is 0. The number of fused-ring (bicyclic) bond motifs is 2. The van der Waals surface area contributed by atoms with Crippen molar-refractivity contribution in [3.63, 3.8) is 0 Å². The molecule has 0 aromatic carbocycles. The van der Waals surface area contributed by atoms with Crippen LogP contribution in [0.25, 0.3) is 0 Å². The molecule has 2 aliphatic rings. The molecule has 11 heavy (non-hydrogen) atoms. The Morgan fingerprint density at radius 3 is 2.82 bits per heavy atom. The van der Waals surface area contributed by atoms with Gasteiger partial charge in [0.1, 0.15) is 5.67 Å². The Bertz CT molecular complexity index is 169. The van der Waals surface area contributed by atoms with Crippen LogP contribution in [0.4, 0.5) is 4.39 Å². The highest BCUT2D eigenvalue weighted by atomic mass is 19.1. The largest absolute Gasteiger partial charge is 0.315 e. The molecule has 0 aliphatic carbocycles. The van der Waals surface area contributed by atoms with E-state index in [4.69, 9.17) is 0 Å². The summed E-state index contributed by atoms with van der Waals surface area (Å²) < 4.78 is 13.9. The van der Waals surface area contributed by atoms with Gasteiger partial charge >= 0.3 is 0 Å². The lowest BCUT2D eigenvalue weighted by atomic mass is 9.86. The van der Waals surface area contributed by atoms with Crippen molar-refractivity contribution in [1.29, 1.82) is 0 Å². The van der Waals surface area contributed by atoms with Crippen LogP contribution in [0.5, 0.6) is 0 Å². The maximum atomic E-state index is 13.9. The fraction of sp³-hybridized carbons (Fsp3) is 1.00. The minimum atomic E-state index is -0.958. The maximum Gasteiger partial charge on any atom is 0.130 e. The topological polar surface area (TPSA) is 15.3 Å². The van der Waals surface area contributed by atoms with E-state index in [0.29, 0.717) is 0 Å². The Balaban J connectivity index is 2.25. The molecule has 2 fully saturated rings. The zero-order valence-corrected chi connectivity index (χ0v) is 7.10. The Hall–Kier alpha value is -0.150. The zero-order chi connectivity index (χ0) is 8.06. The predicted octanol–water partition coefficient (Wildman–Crippen LogP) is 0.248. The minimum Gasteiger partial charge on any atom is -0.315 e. The Morgan fingerprint density at radius 1 is 1.55 bits per heavy atom. The van der Waals surface area contributed by atoms with E-state index in [0.717, 1.165) is 19.6 Å². The van der Waals surface area contributed by atoms with Gasteiger partial charge in [-0.25, -0.2) is 4.39 Å². The van der Waals surface area contributed by atoms with Crippen LogP contribution in [-0.4, -0.2) is 43.3 Å². The molecule has 3 heteroatoms. The van der Waals surface area contributed by atoms with Gasteiger partial charge in [-0.3, -0.25) is 4.90 Å². The molecule has 2 nitrogen and oxygen atoms in total. The molecule has 2 bridgehead atoms. The van der Waals surface area contributed by atoms with Gasteiger partial charge in [0, 0.05) is 25.6 Å². The molecule has 64 valence electrons. The van der Waals surface area contributed by atoms with Gasteiger partial charge < -0.3 is 5.32 Å². The first-order valence-electron chi connectivity index (χ1n) is 4.22. The average Bonchev–Trinajstić information content (AvgIpc) is 2.15. The SMILES string of the molecule is CN1CC2CNCC1C2(C)F. The van der Waals surface area contributed by atoms with Crippen LogP contribution in [0.15, 0.2) is 0 Å². The van der Waals surface area contributed by atoms with Crippen molar-refractivity contribution in [3.8, 4) is 0 Å². The zero-order valence-electron chi connectivity index (χ0n) is 7.10. The highest BCUT2D eigenvalue weighted by Gasteiger charge is 2.52. The lowest BCUT2D eigenvalue weighted by molar-refractivity contribution is 0.0701. The molecule has 2 rings (SSSR count). The van der Waals surface area contributed by atoms with Gasteiger partial charge in [0.2, 0.25) is 0 Å². The lowest BCUT2D eigenvalue weighted by Crippen LogP contribution is -2.53. The fourth-order valence-electron chi connectivity index (χ4n) is 2.37. The normalized spacial score (nSPS) is 51.5. The minimum absolute atomic E-state index is 0.0984. The molecule has 0 spiro atoms. The Labute approximate surface area is 66.8 Å². The summed E-state index contributed by atoms with van der Waals surface area (Å²) in [6.45, 7) is 4.30. The third-order valence-electron chi connectivity index (χ3n) is 3.22. The Morgan fingerprint density at radius 2 is 2.27 bits per heavy atom. The van der Waals surface area contributed by atoms with Crippen molar-refractivity contribution in [2.24, 2.45) is 5.92 Å². The number of likely N-dealkylation sites (tertiary alicyclic amines) is 1. The van der Waals surface area contributed by atoms with E-state index in [9.17, 15) is 4.39 Å². The summed E-state index contributed by atoms with van der Waals surface area (Å²) in [5.74, 6) is 0.200. The van der Waals surface area contributed by atoms with Crippen molar-refractivity contribution >= 4 is 0 Å². The maximum absolute atomic E-state index is 13.9. The molecule has 0 aromatic rings. The monoisotopic (exact) mass is 158 g/mol. The van der Waals surface area contributed by atoms with Crippen LogP contribution in [0.1, 0.15) is 6.92 Å². The smallest absolute Gasteiger partial charge is 0.130 e. The molecular formula is C8H15FN2. The highest BCUT2D eigenvalue weighted by molar-refractivity contribution is 5.06. The third-order valence-corrected chi connectivity index (χ3v) is 3.22. The molecule has 0 radical (unpaired) electrons. The number of nitrogens with zero attached hydrogens (tertiary/aromatic N) is 1. The number of alkyl halides is 1. The average molecular weight is 158 g/mol. The van der Waals surface area contributed by atoms with E-state index in [1.165, 1.54) is 0 Å². The van der Waals surface area contributed by atoms with Crippen molar-refractivity contribution in [1.82, 2.24) is 10.2 Å². The van der Waals surface area contributed by atoms with Crippen LogP contribution < -0.4 is 5.32 Å². The van der Waals surface area contributed by atoms with E-state index < -0.39 is 5.67 Å². The predicted molar refractivity (Wildman–Crippen MR) is 42.3 cm³/mol. The summed E-state index contributed by atoms with van der Waals surface area (Å²) in [5, 5.41) is 3.25. The van der Waals surface area contributed by atoms with E-state index in [1.54, 1.807) is 6.92 Å². The first-order valence-corrected chi connectivity index (χ1v) is 4.22. The molecule has 3 atom stereocenters. The van der Waals surface area contributed by atoms with Crippen molar-refractivity contribution in [2.45, 2.75) is 18.6 Å². The van der Waals surface area contributed by atoms with Crippen LogP contribution in [-0.2, 0) is 0 Å². The van der Waals surface area contributed by atoms with Crippen molar-refractivity contribution < 1.29 is 4.39 Å². The summed E-state index contributed by atoms with van der Waals surface area (Å²) in [6.07, 6.45) is 0. The van der Waals surface area contributed by atoms with Crippen LogP contribution >= 0.6 is 0 Å². The van der Waals surface area contributed by atoms with Gasteiger partial charge in [0.05, 0.1) is 6.04 Å². The molecule has 3 unspecified atom stereocenters. The standard InChI is InChI=1S/C8H15FN2/c1-8(9)6-3-10-4-7(8)11(2)5-6/h6-7,10H,3-5H2,1-2H3. The number of likely N-dealkylation sites (N-methyl/N-ethyl adjacent to an activating group) is 1. The summed E-state index contributed by atoms with van der Waals surface area (Å²) in [4.78, 5) is 2.13. The van der Waals surface area contributed by atoms with E-state index in [2.05, 4.69) is 10.2 Å². The van der Waals surface area contributed by atoms with Crippen LogP contribution in [0.3, 0.4) is 0 Å². The van der Waals surface area contributed by atoms with Crippen molar-refractivity contribution in [3.05, 3.63) is 0 Å². The van der Waals surface area contributed by atoms with Crippen LogP contribution in [0, 0.1) is 5.92 Å². The van der Waals surface area contributed by atoms with Gasteiger partial charge in [0.15, 0.2) is 0 Å². The lowest BCUT2D eigenvalue weighted by Gasteiger charge is -2.34. The van der Waals surface area contributed by atoms with Crippen LogP contribution in [0.2, 0.25) is 0 Å². The van der Waals surface area contributed by atoms with E-state index in [-0.39, 0.29) is 12.0 Å². The van der Waals surface area contributed by atoms with Crippen molar-refractivity contribution in [2.75, 3.05) is 26.7 Å². The second-order valence-electron chi connectivity index (χ2n) is 3.96. The molecule has 2 saturated heterocycles. The molecule has 0 saturated carbocycles. The van der Waals surface area contributed by atoms with E-state index >= 15 is 0 Å². The molecule has 1 N–H and O–H groups in total. The van der Waals surface area contributed by atoms with Gasteiger partial charge in [-0.1, -0.05) is 0 Å². The second-order valence-corrected chi connectivity index (χ2v) is 3.96. The number of rotatable bonds is 0. The number of hydrogen-bond acceptors (Lipinski definition) is 2. The fourth-order valence-corrected chi connectivity index (χ4v) is 2.37. The highest BCUT2D eigenvalue weighted by Crippen LogP contribution is 2.37. The van der Waals surface area contributed by atoms with Gasteiger partial charge in [0.25, 0.3) is 0 Å².